The van der Waals surface area contributed by atoms with Gasteiger partial charge in [0.2, 0.25) is 15.9 Å². The van der Waals surface area contributed by atoms with Crippen molar-refractivity contribution in [1.82, 2.24) is 4.90 Å². The minimum absolute atomic E-state index is 0.0622. The predicted octanol–water partition coefficient (Wildman–Crippen LogP) is 1.22. The van der Waals surface area contributed by atoms with Gasteiger partial charge in [0.05, 0.1) is 32.3 Å². The van der Waals surface area contributed by atoms with Gasteiger partial charge in [-0.3, -0.25) is 9.10 Å². The molecule has 1 aromatic carbocycles. The van der Waals surface area contributed by atoms with Gasteiger partial charge in [0.25, 0.3) is 0 Å². The van der Waals surface area contributed by atoms with E-state index >= 15 is 0 Å². The van der Waals surface area contributed by atoms with Crippen LogP contribution in [0.2, 0.25) is 0 Å². The Labute approximate surface area is 160 Å². The van der Waals surface area contributed by atoms with Crippen molar-refractivity contribution in [2.75, 3.05) is 50.5 Å². The third kappa shape index (κ3) is 4.53. The van der Waals surface area contributed by atoms with Crippen molar-refractivity contribution in [2.24, 2.45) is 0 Å². The molecule has 1 aromatic rings. The Kier molecular flexibility index (Phi) is 5.92. The van der Waals surface area contributed by atoms with E-state index in [4.69, 9.17) is 14.2 Å². The topological polar surface area (TPSA) is 85.4 Å². The van der Waals surface area contributed by atoms with Gasteiger partial charge in [0.1, 0.15) is 5.75 Å². The maximum atomic E-state index is 12.6. The maximum Gasteiger partial charge on any atom is 0.232 e. The van der Waals surface area contributed by atoms with Crippen LogP contribution in [0.25, 0.3) is 0 Å². The minimum atomic E-state index is -3.55. The zero-order chi connectivity index (χ0) is 19.5. The summed E-state index contributed by atoms with van der Waals surface area (Å²) < 4.78 is 42.4. The summed E-state index contributed by atoms with van der Waals surface area (Å²) in [5.41, 5.74) is 0.431. The summed E-state index contributed by atoms with van der Waals surface area (Å²) in [4.78, 5) is 14.4. The average Bonchev–Trinajstić information content (AvgIpc) is 3.09. The molecular weight excluding hydrogens is 372 g/mol. The summed E-state index contributed by atoms with van der Waals surface area (Å²) >= 11 is 0. The number of likely N-dealkylation sites (tertiary alicyclic amines) is 1. The highest BCUT2D eigenvalue weighted by atomic mass is 32.2. The summed E-state index contributed by atoms with van der Waals surface area (Å²) in [6.45, 7) is 2.35. The van der Waals surface area contributed by atoms with Crippen LogP contribution in [-0.2, 0) is 24.3 Å². The van der Waals surface area contributed by atoms with Crippen molar-refractivity contribution in [2.45, 2.75) is 25.0 Å². The van der Waals surface area contributed by atoms with Gasteiger partial charge in [-0.05, 0) is 12.1 Å². The van der Waals surface area contributed by atoms with Crippen LogP contribution in [0.1, 0.15) is 19.3 Å². The number of nitrogens with zero attached hydrogens (tertiary/aromatic N) is 2. The first-order valence-electron chi connectivity index (χ1n) is 9.01. The van der Waals surface area contributed by atoms with Crippen molar-refractivity contribution in [3.05, 3.63) is 24.3 Å². The van der Waals surface area contributed by atoms with Crippen molar-refractivity contribution < 1.29 is 27.4 Å². The summed E-state index contributed by atoms with van der Waals surface area (Å²) in [6.07, 6.45) is 2.51. The molecule has 2 fully saturated rings. The van der Waals surface area contributed by atoms with Crippen LogP contribution < -0.4 is 9.04 Å². The lowest BCUT2D eigenvalue weighted by atomic mass is 10.0. The number of rotatable bonds is 6. The van der Waals surface area contributed by atoms with E-state index in [1.54, 1.807) is 29.2 Å². The second kappa shape index (κ2) is 8.04. The third-order valence-corrected chi connectivity index (χ3v) is 6.15. The largest absolute Gasteiger partial charge is 0.495 e. The van der Waals surface area contributed by atoms with Crippen molar-refractivity contribution in [1.29, 1.82) is 0 Å². The average molecular weight is 398 g/mol. The van der Waals surface area contributed by atoms with Crippen LogP contribution >= 0.6 is 0 Å². The number of anilines is 1. The number of piperidine rings is 1. The fourth-order valence-electron chi connectivity index (χ4n) is 3.54. The second-order valence-electron chi connectivity index (χ2n) is 6.75. The number of amides is 1. The molecule has 2 saturated heterocycles. The standard InChI is InChI=1S/C18H26N2O6S/c1-24-16-6-4-3-5-15(16)20(27(2,22)23)10-7-17(21)19-11-8-18(9-12-19)25-13-14-26-18/h3-6H,7-14H2,1-2H3. The smallest absolute Gasteiger partial charge is 0.232 e. The van der Waals surface area contributed by atoms with Gasteiger partial charge in [0.15, 0.2) is 5.79 Å². The normalized spacial score (nSPS) is 19.3. The molecule has 0 aromatic heterocycles. The molecule has 2 aliphatic rings. The Morgan fingerprint density at radius 2 is 1.85 bits per heavy atom. The molecule has 0 atom stereocenters. The zero-order valence-corrected chi connectivity index (χ0v) is 16.5. The first-order chi connectivity index (χ1) is 12.8. The van der Waals surface area contributed by atoms with Gasteiger partial charge in [-0.25, -0.2) is 8.42 Å². The number of benzene rings is 1. The van der Waals surface area contributed by atoms with E-state index in [0.717, 1.165) is 6.26 Å². The van der Waals surface area contributed by atoms with E-state index in [0.29, 0.717) is 50.6 Å². The number of carbonyl (C=O) groups excluding carboxylic acids is 1. The van der Waals surface area contributed by atoms with E-state index in [2.05, 4.69) is 0 Å². The van der Waals surface area contributed by atoms with E-state index in [-0.39, 0.29) is 18.9 Å². The molecule has 9 heteroatoms. The lowest BCUT2D eigenvalue weighted by molar-refractivity contribution is -0.187. The Morgan fingerprint density at radius 3 is 2.44 bits per heavy atom. The molecule has 0 bridgehead atoms. The summed E-state index contributed by atoms with van der Waals surface area (Å²) in [6, 6.07) is 6.87. The molecule has 2 aliphatic heterocycles. The van der Waals surface area contributed by atoms with Crippen molar-refractivity contribution in [3.63, 3.8) is 0 Å². The molecule has 0 radical (unpaired) electrons. The van der Waals surface area contributed by atoms with Gasteiger partial charge < -0.3 is 19.1 Å². The molecule has 3 rings (SSSR count). The number of ether oxygens (including phenoxy) is 3. The van der Waals surface area contributed by atoms with Crippen LogP contribution in [0, 0.1) is 0 Å². The number of hydrogen-bond acceptors (Lipinski definition) is 6. The van der Waals surface area contributed by atoms with Crippen LogP contribution in [0.15, 0.2) is 24.3 Å². The predicted molar refractivity (Wildman–Crippen MR) is 100 cm³/mol. The number of methoxy groups -OCH3 is 1. The molecule has 0 saturated carbocycles. The minimum Gasteiger partial charge on any atom is -0.495 e. The number of hydrogen-bond donors (Lipinski definition) is 0. The summed E-state index contributed by atoms with van der Waals surface area (Å²) in [5, 5.41) is 0. The molecule has 0 N–H and O–H groups in total. The SMILES string of the molecule is COc1ccccc1N(CCC(=O)N1CCC2(CC1)OCCO2)S(C)(=O)=O. The lowest BCUT2D eigenvalue weighted by Gasteiger charge is -2.37. The summed E-state index contributed by atoms with van der Waals surface area (Å²) in [7, 11) is -2.07. The molecule has 8 nitrogen and oxygen atoms in total. The van der Waals surface area contributed by atoms with Gasteiger partial charge in [-0.1, -0.05) is 12.1 Å². The molecule has 1 spiro atoms. The first-order valence-corrected chi connectivity index (χ1v) is 10.9. The molecule has 27 heavy (non-hydrogen) atoms. The Hall–Kier alpha value is -1.84. The lowest BCUT2D eigenvalue weighted by Crippen LogP contribution is -2.48. The summed E-state index contributed by atoms with van der Waals surface area (Å²) in [5.74, 6) is -0.162. The third-order valence-electron chi connectivity index (χ3n) is 4.97. The Morgan fingerprint density at radius 1 is 1.22 bits per heavy atom. The fraction of sp³-hybridized carbons (Fsp3) is 0.611. The Bertz CT molecular complexity index is 766. The van der Waals surface area contributed by atoms with Crippen LogP contribution in [0.4, 0.5) is 5.69 Å². The van der Waals surface area contributed by atoms with Gasteiger partial charge in [-0.15, -0.1) is 0 Å². The highest BCUT2D eigenvalue weighted by molar-refractivity contribution is 7.92. The van der Waals surface area contributed by atoms with Crippen molar-refractivity contribution >= 4 is 21.6 Å². The monoisotopic (exact) mass is 398 g/mol. The highest BCUT2D eigenvalue weighted by Gasteiger charge is 2.40. The highest BCUT2D eigenvalue weighted by Crippen LogP contribution is 2.32. The van der Waals surface area contributed by atoms with Crippen LogP contribution in [-0.4, -0.2) is 71.2 Å². The van der Waals surface area contributed by atoms with E-state index in [9.17, 15) is 13.2 Å². The van der Waals surface area contributed by atoms with Gasteiger partial charge >= 0.3 is 0 Å². The number of para-hydroxylation sites is 2. The van der Waals surface area contributed by atoms with E-state index in [1.807, 2.05) is 0 Å². The molecule has 2 heterocycles. The maximum absolute atomic E-state index is 12.6. The Balaban J connectivity index is 1.63. The second-order valence-corrected chi connectivity index (χ2v) is 8.65. The molecular formula is C18H26N2O6S. The van der Waals surface area contributed by atoms with E-state index < -0.39 is 15.8 Å². The first kappa shape index (κ1) is 19.9. The van der Waals surface area contributed by atoms with Crippen molar-refractivity contribution in [3.8, 4) is 5.75 Å². The van der Waals surface area contributed by atoms with E-state index in [1.165, 1.54) is 11.4 Å². The van der Waals surface area contributed by atoms with Crippen LogP contribution in [0.3, 0.4) is 0 Å². The van der Waals surface area contributed by atoms with Crippen LogP contribution in [0.5, 0.6) is 5.75 Å². The fourth-order valence-corrected chi connectivity index (χ4v) is 4.47. The number of sulfonamides is 1. The van der Waals surface area contributed by atoms with Gasteiger partial charge in [0, 0.05) is 38.9 Å². The molecule has 0 aliphatic carbocycles. The molecule has 0 unspecified atom stereocenters. The molecule has 1 amide bonds. The quantitative estimate of drug-likeness (QED) is 0.716. The van der Waals surface area contributed by atoms with Gasteiger partial charge in [-0.2, -0.15) is 0 Å². The zero-order valence-electron chi connectivity index (χ0n) is 15.7. The molecule has 150 valence electrons. The number of carbonyl (C=O) groups is 1.